The summed E-state index contributed by atoms with van der Waals surface area (Å²) in [5, 5.41) is 14.5. The number of hydrogen-bond acceptors (Lipinski definition) is 4. The van der Waals surface area contributed by atoms with Gasteiger partial charge in [-0.2, -0.15) is 0 Å². The first-order valence-electron chi connectivity index (χ1n) is 7.49. The molecular formula is C17H24N2OS. The Morgan fingerprint density at radius 2 is 1.95 bits per heavy atom. The standard InChI is InChI=1S/C17H24N2OS/c1-13(2)8-17-19-12-16(21-17)11-18-10-15(20)9-14-6-4-3-5-7-14/h3-7,12-13,15,18,20H,8-11H2,1-2H3. The zero-order chi connectivity index (χ0) is 15.1. The van der Waals surface area contributed by atoms with Crippen molar-refractivity contribution in [1.29, 1.82) is 0 Å². The van der Waals surface area contributed by atoms with E-state index in [2.05, 4.69) is 24.1 Å². The third-order valence-electron chi connectivity index (χ3n) is 3.18. The lowest BCUT2D eigenvalue weighted by molar-refractivity contribution is 0.171. The predicted molar refractivity (Wildman–Crippen MR) is 88.5 cm³/mol. The zero-order valence-electron chi connectivity index (χ0n) is 12.7. The fourth-order valence-electron chi connectivity index (χ4n) is 2.19. The van der Waals surface area contributed by atoms with Gasteiger partial charge in [0.25, 0.3) is 0 Å². The van der Waals surface area contributed by atoms with Crippen molar-refractivity contribution in [2.45, 2.75) is 39.3 Å². The highest BCUT2D eigenvalue weighted by Crippen LogP contribution is 2.16. The van der Waals surface area contributed by atoms with Crippen molar-refractivity contribution in [2.75, 3.05) is 6.54 Å². The number of aromatic nitrogens is 1. The zero-order valence-corrected chi connectivity index (χ0v) is 13.6. The normalized spacial score (nSPS) is 12.8. The molecule has 0 aliphatic heterocycles. The largest absolute Gasteiger partial charge is 0.391 e. The molecule has 2 N–H and O–H groups in total. The molecule has 0 amide bonds. The van der Waals surface area contributed by atoms with E-state index in [1.165, 1.54) is 15.4 Å². The van der Waals surface area contributed by atoms with Crippen LogP contribution in [0.25, 0.3) is 0 Å². The van der Waals surface area contributed by atoms with Crippen molar-refractivity contribution in [2.24, 2.45) is 5.92 Å². The van der Waals surface area contributed by atoms with Gasteiger partial charge in [-0.25, -0.2) is 4.98 Å². The molecule has 2 aromatic rings. The minimum absolute atomic E-state index is 0.351. The lowest BCUT2D eigenvalue weighted by Gasteiger charge is -2.11. The average molecular weight is 304 g/mol. The highest BCUT2D eigenvalue weighted by atomic mass is 32.1. The van der Waals surface area contributed by atoms with Gasteiger partial charge < -0.3 is 10.4 Å². The monoisotopic (exact) mass is 304 g/mol. The van der Waals surface area contributed by atoms with Crippen LogP contribution < -0.4 is 5.32 Å². The number of aliphatic hydroxyl groups is 1. The molecule has 0 bridgehead atoms. The number of nitrogens with zero attached hydrogens (tertiary/aromatic N) is 1. The summed E-state index contributed by atoms with van der Waals surface area (Å²) in [5.74, 6) is 0.643. The molecular weight excluding hydrogens is 280 g/mol. The fraction of sp³-hybridized carbons (Fsp3) is 0.471. The van der Waals surface area contributed by atoms with Crippen LogP contribution in [-0.2, 0) is 19.4 Å². The molecule has 3 nitrogen and oxygen atoms in total. The Morgan fingerprint density at radius 1 is 1.19 bits per heavy atom. The van der Waals surface area contributed by atoms with Crippen LogP contribution in [0.15, 0.2) is 36.5 Å². The second-order valence-electron chi connectivity index (χ2n) is 5.79. The van der Waals surface area contributed by atoms with Crippen LogP contribution in [0.1, 0.15) is 29.3 Å². The minimum atomic E-state index is -0.351. The van der Waals surface area contributed by atoms with E-state index < -0.39 is 0 Å². The highest BCUT2D eigenvalue weighted by molar-refractivity contribution is 7.11. The molecule has 1 heterocycles. The Hall–Kier alpha value is -1.23. The third-order valence-corrected chi connectivity index (χ3v) is 4.20. The smallest absolute Gasteiger partial charge is 0.0930 e. The maximum Gasteiger partial charge on any atom is 0.0930 e. The van der Waals surface area contributed by atoms with Crippen LogP contribution in [0.4, 0.5) is 0 Å². The Labute approximate surface area is 131 Å². The summed E-state index contributed by atoms with van der Waals surface area (Å²) in [4.78, 5) is 5.67. The molecule has 0 aliphatic carbocycles. The number of hydrogen-bond donors (Lipinski definition) is 2. The summed E-state index contributed by atoms with van der Waals surface area (Å²) in [7, 11) is 0. The number of nitrogens with one attached hydrogen (secondary N) is 1. The molecule has 0 fully saturated rings. The molecule has 21 heavy (non-hydrogen) atoms. The molecule has 4 heteroatoms. The van der Waals surface area contributed by atoms with E-state index in [0.717, 1.165) is 13.0 Å². The van der Waals surface area contributed by atoms with Gasteiger partial charge in [0.15, 0.2) is 0 Å². The van der Waals surface area contributed by atoms with Gasteiger partial charge in [0.2, 0.25) is 0 Å². The van der Waals surface area contributed by atoms with E-state index in [4.69, 9.17) is 0 Å². The number of rotatable bonds is 8. The molecule has 0 saturated heterocycles. The van der Waals surface area contributed by atoms with E-state index in [9.17, 15) is 5.11 Å². The maximum absolute atomic E-state index is 10.0. The molecule has 0 spiro atoms. The van der Waals surface area contributed by atoms with E-state index in [1.54, 1.807) is 11.3 Å². The molecule has 0 radical (unpaired) electrons. The topological polar surface area (TPSA) is 45.2 Å². The Kier molecular flexibility index (Phi) is 6.36. The molecule has 2 rings (SSSR count). The van der Waals surface area contributed by atoms with E-state index in [-0.39, 0.29) is 6.10 Å². The number of thiazole rings is 1. The number of benzene rings is 1. The Morgan fingerprint density at radius 3 is 2.67 bits per heavy atom. The third kappa shape index (κ3) is 5.96. The van der Waals surface area contributed by atoms with E-state index >= 15 is 0 Å². The summed E-state index contributed by atoms with van der Waals surface area (Å²) in [6.45, 7) is 5.80. The lowest BCUT2D eigenvalue weighted by atomic mass is 10.1. The molecule has 114 valence electrons. The minimum Gasteiger partial charge on any atom is -0.391 e. The van der Waals surface area contributed by atoms with Crippen LogP contribution in [-0.4, -0.2) is 22.7 Å². The van der Waals surface area contributed by atoms with Gasteiger partial charge in [-0.1, -0.05) is 44.2 Å². The molecule has 1 aromatic heterocycles. The number of aliphatic hydroxyl groups excluding tert-OH is 1. The second-order valence-corrected chi connectivity index (χ2v) is 6.99. The van der Waals surface area contributed by atoms with Gasteiger partial charge in [0, 0.05) is 30.6 Å². The maximum atomic E-state index is 10.0. The van der Waals surface area contributed by atoms with Crippen LogP contribution in [0, 0.1) is 5.92 Å². The molecule has 1 unspecified atom stereocenters. The summed E-state index contributed by atoms with van der Waals surface area (Å²) in [6, 6.07) is 10.1. The molecule has 0 aliphatic rings. The average Bonchev–Trinajstić information content (AvgIpc) is 2.86. The first-order chi connectivity index (χ1) is 10.1. The molecule has 1 atom stereocenters. The van der Waals surface area contributed by atoms with Gasteiger partial charge in [-0.15, -0.1) is 11.3 Å². The quantitative estimate of drug-likeness (QED) is 0.788. The highest BCUT2D eigenvalue weighted by Gasteiger charge is 2.07. The predicted octanol–water partition coefficient (Wildman–Crippen LogP) is 3.03. The summed E-state index contributed by atoms with van der Waals surface area (Å²) < 4.78 is 0. The Bertz CT molecular complexity index is 525. The Balaban J connectivity index is 1.70. The SMILES string of the molecule is CC(C)Cc1ncc(CNCC(O)Cc2ccccc2)s1. The van der Waals surface area contributed by atoms with Crippen molar-refractivity contribution < 1.29 is 5.11 Å². The van der Waals surface area contributed by atoms with Gasteiger partial charge in [-0.05, 0) is 17.9 Å². The second kappa shape index (κ2) is 8.27. The van der Waals surface area contributed by atoms with Crippen molar-refractivity contribution >= 4 is 11.3 Å². The van der Waals surface area contributed by atoms with Crippen molar-refractivity contribution in [1.82, 2.24) is 10.3 Å². The van der Waals surface area contributed by atoms with E-state index in [1.807, 2.05) is 36.5 Å². The first kappa shape index (κ1) is 16.1. The summed E-state index contributed by atoms with van der Waals surface area (Å²) in [5.41, 5.74) is 1.17. The van der Waals surface area contributed by atoms with Crippen LogP contribution in [0.2, 0.25) is 0 Å². The van der Waals surface area contributed by atoms with Crippen molar-refractivity contribution in [3.05, 3.63) is 52.0 Å². The molecule has 0 saturated carbocycles. The van der Waals surface area contributed by atoms with Crippen LogP contribution in [0.5, 0.6) is 0 Å². The van der Waals surface area contributed by atoms with Crippen LogP contribution in [0.3, 0.4) is 0 Å². The lowest BCUT2D eigenvalue weighted by Crippen LogP contribution is -2.27. The summed E-state index contributed by atoms with van der Waals surface area (Å²) in [6.07, 6.45) is 3.32. The van der Waals surface area contributed by atoms with E-state index in [0.29, 0.717) is 18.9 Å². The van der Waals surface area contributed by atoms with Crippen molar-refractivity contribution in [3.8, 4) is 0 Å². The van der Waals surface area contributed by atoms with Gasteiger partial charge in [-0.3, -0.25) is 0 Å². The summed E-state index contributed by atoms with van der Waals surface area (Å²) >= 11 is 1.76. The first-order valence-corrected chi connectivity index (χ1v) is 8.31. The van der Waals surface area contributed by atoms with Gasteiger partial charge in [0.1, 0.15) is 0 Å². The fourth-order valence-corrected chi connectivity index (χ4v) is 3.30. The van der Waals surface area contributed by atoms with Gasteiger partial charge in [0.05, 0.1) is 11.1 Å². The van der Waals surface area contributed by atoms with Crippen LogP contribution >= 0.6 is 11.3 Å². The van der Waals surface area contributed by atoms with Crippen molar-refractivity contribution in [3.63, 3.8) is 0 Å². The van der Waals surface area contributed by atoms with Gasteiger partial charge >= 0.3 is 0 Å². The molecule has 1 aromatic carbocycles.